The van der Waals surface area contributed by atoms with Crippen LogP contribution in [0, 0.1) is 19.7 Å². The fraction of sp³-hybridized carbons (Fsp3) is 0.308. The van der Waals surface area contributed by atoms with E-state index in [0.29, 0.717) is 12.1 Å². The molecule has 0 amide bonds. The maximum absolute atomic E-state index is 13.2. The summed E-state index contributed by atoms with van der Waals surface area (Å²) < 4.78 is 13.2. The van der Waals surface area contributed by atoms with Crippen LogP contribution in [-0.4, -0.2) is 16.7 Å². The molecule has 1 heterocycles. The summed E-state index contributed by atoms with van der Waals surface area (Å²) in [6.07, 6.45) is 0.777. The number of rotatable bonds is 3. The molecular formula is C13H16FN3. The quantitative estimate of drug-likeness (QED) is 0.854. The molecular weight excluding hydrogens is 217 g/mol. The Bertz CT molecular complexity index is 531. The molecule has 3 nitrogen and oxygen atoms in total. The van der Waals surface area contributed by atoms with E-state index in [-0.39, 0.29) is 5.82 Å². The van der Waals surface area contributed by atoms with Crippen molar-refractivity contribution in [3.05, 3.63) is 40.8 Å². The molecule has 0 spiro atoms. The lowest BCUT2D eigenvalue weighted by Crippen LogP contribution is -2.03. The zero-order chi connectivity index (χ0) is 12.4. The minimum absolute atomic E-state index is 0.191. The standard InChI is InChI=1S/C13H16FN3/c1-8-7-10(3-4-11(8)14)13-9(2)12(5-6-15)16-17-13/h3-4,7H,5-6,15H2,1-2H3,(H,16,17). The maximum Gasteiger partial charge on any atom is 0.126 e. The summed E-state index contributed by atoms with van der Waals surface area (Å²) in [5, 5.41) is 7.26. The molecule has 0 aliphatic heterocycles. The number of hydrogen-bond donors (Lipinski definition) is 2. The summed E-state index contributed by atoms with van der Waals surface area (Å²) in [4.78, 5) is 0. The van der Waals surface area contributed by atoms with Gasteiger partial charge in [0.2, 0.25) is 0 Å². The first-order chi connectivity index (χ1) is 8.13. The summed E-state index contributed by atoms with van der Waals surface area (Å²) in [6.45, 7) is 4.34. The topological polar surface area (TPSA) is 54.7 Å². The van der Waals surface area contributed by atoms with Crippen molar-refractivity contribution in [2.75, 3.05) is 6.54 Å². The van der Waals surface area contributed by atoms with Crippen LogP contribution in [0.25, 0.3) is 11.3 Å². The number of aromatic amines is 1. The van der Waals surface area contributed by atoms with Gasteiger partial charge in [-0.2, -0.15) is 5.10 Å². The van der Waals surface area contributed by atoms with E-state index in [4.69, 9.17) is 5.73 Å². The van der Waals surface area contributed by atoms with Gasteiger partial charge in [-0.3, -0.25) is 5.10 Å². The maximum atomic E-state index is 13.2. The number of aryl methyl sites for hydroxylation is 1. The Labute approximate surface area is 99.9 Å². The second-order valence-corrected chi connectivity index (χ2v) is 4.18. The van der Waals surface area contributed by atoms with Crippen LogP contribution in [0.4, 0.5) is 4.39 Å². The van der Waals surface area contributed by atoms with Crippen LogP contribution >= 0.6 is 0 Å². The van der Waals surface area contributed by atoms with E-state index >= 15 is 0 Å². The van der Waals surface area contributed by atoms with Gasteiger partial charge < -0.3 is 5.73 Å². The Balaban J connectivity index is 2.42. The van der Waals surface area contributed by atoms with Crippen molar-refractivity contribution in [3.8, 4) is 11.3 Å². The molecule has 0 saturated heterocycles. The van der Waals surface area contributed by atoms with Gasteiger partial charge in [-0.05, 0) is 49.7 Å². The van der Waals surface area contributed by atoms with Gasteiger partial charge in [0, 0.05) is 17.7 Å². The Morgan fingerprint density at radius 1 is 1.35 bits per heavy atom. The summed E-state index contributed by atoms with van der Waals surface area (Å²) in [5.74, 6) is -0.191. The van der Waals surface area contributed by atoms with Gasteiger partial charge in [0.25, 0.3) is 0 Å². The van der Waals surface area contributed by atoms with Crippen molar-refractivity contribution in [1.82, 2.24) is 10.2 Å². The van der Waals surface area contributed by atoms with E-state index in [0.717, 1.165) is 28.9 Å². The molecule has 0 atom stereocenters. The molecule has 90 valence electrons. The Morgan fingerprint density at radius 3 is 2.76 bits per heavy atom. The normalized spacial score (nSPS) is 10.8. The predicted octanol–water partition coefficient (Wildman–Crippen LogP) is 2.33. The molecule has 0 fully saturated rings. The molecule has 0 radical (unpaired) electrons. The first-order valence-electron chi connectivity index (χ1n) is 5.64. The molecule has 3 N–H and O–H groups in total. The molecule has 1 aromatic carbocycles. The van der Waals surface area contributed by atoms with Gasteiger partial charge in [-0.25, -0.2) is 4.39 Å². The van der Waals surface area contributed by atoms with Crippen LogP contribution < -0.4 is 5.73 Å². The van der Waals surface area contributed by atoms with Gasteiger partial charge in [0.05, 0.1) is 5.69 Å². The van der Waals surface area contributed by atoms with E-state index in [1.807, 2.05) is 13.0 Å². The minimum atomic E-state index is -0.191. The Hall–Kier alpha value is -1.68. The van der Waals surface area contributed by atoms with E-state index < -0.39 is 0 Å². The van der Waals surface area contributed by atoms with Crippen LogP contribution in [0.5, 0.6) is 0 Å². The Morgan fingerprint density at radius 2 is 2.12 bits per heavy atom. The molecule has 2 rings (SSSR count). The van der Waals surface area contributed by atoms with Crippen LogP contribution in [0.3, 0.4) is 0 Å². The largest absolute Gasteiger partial charge is 0.330 e. The number of hydrogen-bond acceptors (Lipinski definition) is 2. The second-order valence-electron chi connectivity index (χ2n) is 4.18. The second kappa shape index (κ2) is 4.67. The van der Waals surface area contributed by atoms with E-state index in [9.17, 15) is 4.39 Å². The molecule has 0 saturated carbocycles. The first-order valence-corrected chi connectivity index (χ1v) is 5.64. The van der Waals surface area contributed by atoms with Gasteiger partial charge in [-0.15, -0.1) is 0 Å². The Kier molecular flexibility index (Phi) is 3.24. The lowest BCUT2D eigenvalue weighted by atomic mass is 10.0. The fourth-order valence-electron chi connectivity index (χ4n) is 1.89. The zero-order valence-corrected chi connectivity index (χ0v) is 10.0. The van der Waals surface area contributed by atoms with Crippen LogP contribution in [-0.2, 0) is 6.42 Å². The number of benzene rings is 1. The highest BCUT2D eigenvalue weighted by atomic mass is 19.1. The highest BCUT2D eigenvalue weighted by Gasteiger charge is 2.11. The van der Waals surface area contributed by atoms with E-state index in [2.05, 4.69) is 10.2 Å². The third-order valence-corrected chi connectivity index (χ3v) is 2.94. The van der Waals surface area contributed by atoms with E-state index in [1.54, 1.807) is 13.0 Å². The molecule has 0 aliphatic rings. The molecule has 0 bridgehead atoms. The third kappa shape index (κ3) is 2.22. The number of aromatic nitrogens is 2. The van der Waals surface area contributed by atoms with Crippen LogP contribution in [0.1, 0.15) is 16.8 Å². The zero-order valence-electron chi connectivity index (χ0n) is 10.0. The molecule has 4 heteroatoms. The SMILES string of the molecule is Cc1cc(-c2n[nH]c(CCN)c2C)ccc1F. The summed E-state index contributed by atoms with van der Waals surface area (Å²) in [6, 6.07) is 5.03. The van der Waals surface area contributed by atoms with Crippen LogP contribution in [0.2, 0.25) is 0 Å². The first kappa shape index (κ1) is 11.8. The van der Waals surface area contributed by atoms with Gasteiger partial charge >= 0.3 is 0 Å². The van der Waals surface area contributed by atoms with Gasteiger partial charge in [0.15, 0.2) is 0 Å². The number of H-pyrrole nitrogens is 1. The number of nitrogens with zero attached hydrogens (tertiary/aromatic N) is 1. The van der Waals surface area contributed by atoms with E-state index in [1.165, 1.54) is 6.07 Å². The number of nitrogens with two attached hydrogens (primary N) is 1. The molecule has 17 heavy (non-hydrogen) atoms. The molecule has 0 unspecified atom stereocenters. The average molecular weight is 233 g/mol. The monoisotopic (exact) mass is 233 g/mol. The number of halogens is 1. The smallest absolute Gasteiger partial charge is 0.126 e. The highest BCUT2D eigenvalue weighted by Crippen LogP contribution is 2.24. The molecule has 0 aliphatic carbocycles. The van der Waals surface area contributed by atoms with Gasteiger partial charge in [-0.1, -0.05) is 0 Å². The molecule has 2 aromatic rings. The lowest BCUT2D eigenvalue weighted by Gasteiger charge is -2.02. The van der Waals surface area contributed by atoms with Crippen molar-refractivity contribution in [2.45, 2.75) is 20.3 Å². The predicted molar refractivity (Wildman–Crippen MR) is 66.2 cm³/mol. The fourth-order valence-corrected chi connectivity index (χ4v) is 1.89. The highest BCUT2D eigenvalue weighted by molar-refractivity contribution is 5.64. The third-order valence-electron chi connectivity index (χ3n) is 2.94. The van der Waals surface area contributed by atoms with Gasteiger partial charge in [0.1, 0.15) is 5.82 Å². The van der Waals surface area contributed by atoms with Crippen molar-refractivity contribution in [2.24, 2.45) is 5.73 Å². The summed E-state index contributed by atoms with van der Waals surface area (Å²) in [7, 11) is 0. The van der Waals surface area contributed by atoms with Crippen LogP contribution in [0.15, 0.2) is 18.2 Å². The average Bonchev–Trinajstić information content (AvgIpc) is 2.66. The minimum Gasteiger partial charge on any atom is -0.330 e. The summed E-state index contributed by atoms with van der Waals surface area (Å²) >= 11 is 0. The van der Waals surface area contributed by atoms with Crippen molar-refractivity contribution in [1.29, 1.82) is 0 Å². The van der Waals surface area contributed by atoms with Crippen molar-refractivity contribution >= 4 is 0 Å². The lowest BCUT2D eigenvalue weighted by molar-refractivity contribution is 0.618. The number of nitrogens with one attached hydrogen (secondary N) is 1. The molecule has 1 aromatic heterocycles. The summed E-state index contributed by atoms with van der Waals surface area (Å²) in [5.41, 5.74) is 10.1. The van der Waals surface area contributed by atoms with Crippen molar-refractivity contribution < 1.29 is 4.39 Å². The van der Waals surface area contributed by atoms with Crippen molar-refractivity contribution in [3.63, 3.8) is 0 Å².